The van der Waals surface area contributed by atoms with E-state index in [1.54, 1.807) is 12.4 Å². The molecule has 1 aliphatic rings. The summed E-state index contributed by atoms with van der Waals surface area (Å²) in [5.74, 6) is 0.572. The Labute approximate surface area is 132 Å². The maximum absolute atomic E-state index is 5.60. The van der Waals surface area contributed by atoms with Crippen molar-refractivity contribution < 1.29 is 4.74 Å². The highest BCUT2D eigenvalue weighted by atomic mass is 127. The van der Waals surface area contributed by atoms with Crippen molar-refractivity contribution in [1.29, 1.82) is 0 Å². The van der Waals surface area contributed by atoms with Crippen LogP contribution in [0.3, 0.4) is 0 Å². The summed E-state index contributed by atoms with van der Waals surface area (Å²) in [6.45, 7) is 3.97. The number of aromatic nitrogens is 2. The van der Waals surface area contributed by atoms with Crippen LogP contribution in [-0.2, 0) is 6.42 Å². The Morgan fingerprint density at radius 2 is 2.10 bits per heavy atom. The van der Waals surface area contributed by atoms with Gasteiger partial charge in [-0.3, -0.25) is 4.98 Å². The van der Waals surface area contributed by atoms with Crippen LogP contribution in [0, 0.1) is 0 Å². The first kappa shape index (κ1) is 13.5. The Kier molecular flexibility index (Phi) is 3.74. The molecule has 1 aliphatic carbocycles. The van der Waals surface area contributed by atoms with E-state index in [1.165, 1.54) is 14.7 Å². The molecular formula is C16H15IN2O. The number of halogens is 1. The molecule has 0 unspecified atom stereocenters. The third-order valence-corrected chi connectivity index (χ3v) is 4.15. The third kappa shape index (κ3) is 2.70. The molecule has 1 aromatic carbocycles. The molecule has 0 saturated heterocycles. The molecule has 0 saturated carbocycles. The molecule has 0 N–H and O–H groups in total. The van der Waals surface area contributed by atoms with Crippen LogP contribution in [0.5, 0.6) is 5.88 Å². The van der Waals surface area contributed by atoms with Gasteiger partial charge in [-0.1, -0.05) is 18.2 Å². The van der Waals surface area contributed by atoms with Crippen molar-refractivity contribution >= 4 is 26.2 Å². The lowest BCUT2D eigenvalue weighted by Gasteiger charge is -2.10. The smallest absolute Gasteiger partial charge is 0.233 e. The Balaban J connectivity index is 1.97. The van der Waals surface area contributed by atoms with Gasteiger partial charge in [0, 0.05) is 9.14 Å². The van der Waals surface area contributed by atoms with Crippen molar-refractivity contribution in [1.82, 2.24) is 9.97 Å². The second-order valence-electron chi connectivity index (χ2n) is 5.04. The predicted molar refractivity (Wildman–Crippen MR) is 88.9 cm³/mol. The molecule has 3 rings (SSSR count). The summed E-state index contributed by atoms with van der Waals surface area (Å²) in [5, 5.41) is 0. The average molecular weight is 378 g/mol. The van der Waals surface area contributed by atoms with Gasteiger partial charge < -0.3 is 4.74 Å². The maximum atomic E-state index is 5.60. The number of hydrogen-bond donors (Lipinski definition) is 0. The van der Waals surface area contributed by atoms with E-state index in [0.29, 0.717) is 5.88 Å². The van der Waals surface area contributed by atoms with Crippen molar-refractivity contribution in [2.45, 2.75) is 26.4 Å². The standard InChI is InChI=1S/C16H15IN2O/c1-10(2)20-16-9-18-8-15(19-16)12-4-3-11-5-6-14(17)13(11)7-12/h3-4,6-10H,5H2,1-2H3. The second-order valence-corrected chi connectivity index (χ2v) is 6.20. The van der Waals surface area contributed by atoms with Crippen LogP contribution in [0.4, 0.5) is 0 Å². The number of rotatable bonds is 3. The second kappa shape index (κ2) is 5.52. The molecule has 3 nitrogen and oxygen atoms in total. The summed E-state index contributed by atoms with van der Waals surface area (Å²) in [4.78, 5) is 8.75. The predicted octanol–water partition coefficient (Wildman–Crippen LogP) is 4.26. The Hall–Kier alpha value is -1.43. The van der Waals surface area contributed by atoms with Crippen molar-refractivity contribution in [3.63, 3.8) is 0 Å². The van der Waals surface area contributed by atoms with Crippen molar-refractivity contribution in [3.05, 3.63) is 47.8 Å². The fourth-order valence-electron chi connectivity index (χ4n) is 2.23. The van der Waals surface area contributed by atoms with E-state index < -0.39 is 0 Å². The average Bonchev–Trinajstić information content (AvgIpc) is 2.80. The lowest BCUT2D eigenvalue weighted by molar-refractivity contribution is 0.232. The van der Waals surface area contributed by atoms with Gasteiger partial charge in [0.05, 0.1) is 24.2 Å². The highest BCUT2D eigenvalue weighted by Gasteiger charge is 2.13. The zero-order valence-electron chi connectivity index (χ0n) is 11.4. The fraction of sp³-hybridized carbons (Fsp3) is 0.250. The molecule has 0 amide bonds. The monoisotopic (exact) mass is 378 g/mol. The maximum Gasteiger partial charge on any atom is 0.233 e. The van der Waals surface area contributed by atoms with Crippen LogP contribution in [0.1, 0.15) is 25.0 Å². The largest absolute Gasteiger partial charge is 0.474 e. The first-order chi connectivity index (χ1) is 9.63. The van der Waals surface area contributed by atoms with Crippen molar-refractivity contribution in [3.8, 4) is 17.1 Å². The van der Waals surface area contributed by atoms with Crippen LogP contribution in [0.15, 0.2) is 36.7 Å². The molecule has 0 radical (unpaired) electrons. The van der Waals surface area contributed by atoms with Crippen LogP contribution in [0.25, 0.3) is 14.8 Å². The first-order valence-corrected chi connectivity index (χ1v) is 7.69. The van der Waals surface area contributed by atoms with E-state index in [0.717, 1.165) is 17.7 Å². The van der Waals surface area contributed by atoms with Crippen LogP contribution >= 0.6 is 22.6 Å². The van der Waals surface area contributed by atoms with Crippen molar-refractivity contribution in [2.24, 2.45) is 0 Å². The number of ether oxygens (including phenoxy) is 1. The SMILES string of the molecule is CC(C)Oc1cncc(-c2ccc3c(c2)C(I)=CC3)n1. The van der Waals surface area contributed by atoms with Gasteiger partial charge in [0.2, 0.25) is 5.88 Å². The molecule has 2 aromatic rings. The lowest BCUT2D eigenvalue weighted by atomic mass is 10.0. The van der Waals surface area contributed by atoms with Gasteiger partial charge >= 0.3 is 0 Å². The Morgan fingerprint density at radius 1 is 1.25 bits per heavy atom. The fourth-order valence-corrected chi connectivity index (χ4v) is 2.95. The first-order valence-electron chi connectivity index (χ1n) is 6.61. The molecule has 0 spiro atoms. The van der Waals surface area contributed by atoms with Gasteiger partial charge in [0.1, 0.15) is 0 Å². The van der Waals surface area contributed by atoms with Gasteiger partial charge in [-0.2, -0.15) is 0 Å². The summed E-state index contributed by atoms with van der Waals surface area (Å²) in [7, 11) is 0. The summed E-state index contributed by atoms with van der Waals surface area (Å²) in [6, 6.07) is 6.46. The zero-order valence-corrected chi connectivity index (χ0v) is 13.6. The van der Waals surface area contributed by atoms with Gasteiger partial charge in [-0.05, 0) is 60.1 Å². The molecule has 1 heterocycles. The summed E-state index contributed by atoms with van der Waals surface area (Å²) < 4.78 is 6.91. The molecule has 0 fully saturated rings. The summed E-state index contributed by atoms with van der Waals surface area (Å²) in [5.41, 5.74) is 4.61. The zero-order chi connectivity index (χ0) is 14.1. The minimum atomic E-state index is 0.100. The molecule has 0 bridgehead atoms. The molecule has 4 heteroatoms. The topological polar surface area (TPSA) is 35.0 Å². The summed E-state index contributed by atoms with van der Waals surface area (Å²) >= 11 is 2.38. The molecule has 20 heavy (non-hydrogen) atoms. The third-order valence-electron chi connectivity index (χ3n) is 3.13. The number of nitrogens with zero attached hydrogens (tertiary/aromatic N) is 2. The van der Waals surface area contributed by atoms with Crippen LogP contribution in [0.2, 0.25) is 0 Å². The van der Waals surface area contributed by atoms with E-state index in [-0.39, 0.29) is 6.10 Å². The van der Waals surface area contributed by atoms with Gasteiger partial charge in [-0.15, -0.1) is 0 Å². The lowest BCUT2D eigenvalue weighted by Crippen LogP contribution is -2.07. The van der Waals surface area contributed by atoms with E-state index in [4.69, 9.17) is 4.74 Å². The molecule has 0 aliphatic heterocycles. The van der Waals surface area contributed by atoms with E-state index in [1.807, 2.05) is 13.8 Å². The van der Waals surface area contributed by atoms with E-state index in [2.05, 4.69) is 56.8 Å². The van der Waals surface area contributed by atoms with E-state index >= 15 is 0 Å². The highest BCUT2D eigenvalue weighted by molar-refractivity contribution is 14.1. The Morgan fingerprint density at radius 3 is 2.90 bits per heavy atom. The number of hydrogen-bond acceptors (Lipinski definition) is 3. The van der Waals surface area contributed by atoms with Crippen molar-refractivity contribution in [2.75, 3.05) is 0 Å². The molecule has 1 aromatic heterocycles. The molecule has 0 atom stereocenters. The number of allylic oxidation sites excluding steroid dienone is 1. The summed E-state index contributed by atoms with van der Waals surface area (Å²) in [6.07, 6.45) is 6.80. The van der Waals surface area contributed by atoms with Crippen LogP contribution in [-0.4, -0.2) is 16.1 Å². The van der Waals surface area contributed by atoms with Gasteiger partial charge in [-0.25, -0.2) is 4.98 Å². The minimum absolute atomic E-state index is 0.100. The quantitative estimate of drug-likeness (QED) is 0.749. The minimum Gasteiger partial charge on any atom is -0.474 e. The normalized spacial score (nSPS) is 13.3. The Bertz CT molecular complexity index is 680. The molecular weight excluding hydrogens is 363 g/mol. The highest BCUT2D eigenvalue weighted by Crippen LogP contribution is 2.34. The number of fused-ring (bicyclic) bond motifs is 1. The number of benzene rings is 1. The van der Waals surface area contributed by atoms with Gasteiger partial charge in [0.15, 0.2) is 0 Å². The van der Waals surface area contributed by atoms with Gasteiger partial charge in [0.25, 0.3) is 0 Å². The van der Waals surface area contributed by atoms with E-state index in [9.17, 15) is 0 Å². The van der Waals surface area contributed by atoms with Crippen LogP contribution < -0.4 is 4.74 Å². The molecule has 102 valence electrons.